The summed E-state index contributed by atoms with van der Waals surface area (Å²) in [4.78, 5) is 13.1. The third-order valence-electron chi connectivity index (χ3n) is 6.46. The maximum absolute atomic E-state index is 13.8. The van der Waals surface area contributed by atoms with Crippen LogP contribution in [0, 0.1) is 20.8 Å². The highest BCUT2D eigenvalue weighted by atomic mass is 32.2. The van der Waals surface area contributed by atoms with Crippen molar-refractivity contribution in [3.8, 4) is 0 Å². The Morgan fingerprint density at radius 2 is 1.65 bits per heavy atom. The highest BCUT2D eigenvalue weighted by molar-refractivity contribution is 7.89. The minimum Gasteiger partial charge on any atom is -0.272 e. The molecule has 0 atom stereocenters. The van der Waals surface area contributed by atoms with Crippen LogP contribution in [0.4, 0.5) is 0 Å². The largest absolute Gasteiger partial charge is 0.272 e. The lowest BCUT2D eigenvalue weighted by Crippen LogP contribution is -2.46. The summed E-state index contributed by atoms with van der Waals surface area (Å²) in [7, 11) is -3.84. The number of nitrogens with one attached hydrogen (secondary N) is 1. The molecule has 6 nitrogen and oxygen atoms in total. The maximum atomic E-state index is 13.8. The summed E-state index contributed by atoms with van der Waals surface area (Å²) in [5, 5.41) is 4.07. The van der Waals surface area contributed by atoms with Crippen LogP contribution in [0.3, 0.4) is 0 Å². The number of benzene rings is 2. The zero-order valence-electron chi connectivity index (χ0n) is 21.0. The van der Waals surface area contributed by atoms with E-state index in [0.717, 1.165) is 43.2 Å². The first kappa shape index (κ1) is 26.1. The first-order valence-electron chi connectivity index (χ1n) is 12.1. The second kappa shape index (κ2) is 11.3. The standard InChI is InChI=1S/C27H37N3O3S/c1-19(2)24-13-11-23(12-14-24)17-28-29-26(31)18-30(25-9-7-6-8-10-25)34(32,33)27-21(4)15-20(3)16-22(27)5/h11-17,19,25H,6-10,18H2,1-5H3,(H,29,31). The lowest BCUT2D eigenvalue weighted by molar-refractivity contribution is -0.121. The van der Waals surface area contributed by atoms with Gasteiger partial charge in [-0.05, 0) is 61.8 Å². The van der Waals surface area contributed by atoms with Crippen LogP contribution in [0.2, 0.25) is 0 Å². The highest BCUT2D eigenvalue weighted by Crippen LogP contribution is 2.31. The van der Waals surface area contributed by atoms with Crippen molar-refractivity contribution in [1.29, 1.82) is 0 Å². The molecule has 0 spiro atoms. The smallest absolute Gasteiger partial charge is 0.255 e. The number of carbonyl (C=O) groups is 1. The van der Waals surface area contributed by atoms with E-state index in [2.05, 4.69) is 24.4 Å². The number of sulfonamides is 1. The van der Waals surface area contributed by atoms with Gasteiger partial charge in [0.05, 0.1) is 17.7 Å². The molecule has 1 aliphatic carbocycles. The van der Waals surface area contributed by atoms with Gasteiger partial charge >= 0.3 is 0 Å². The van der Waals surface area contributed by atoms with E-state index in [9.17, 15) is 13.2 Å². The molecule has 0 unspecified atom stereocenters. The lowest BCUT2D eigenvalue weighted by atomic mass is 9.95. The fraction of sp³-hybridized carbons (Fsp3) is 0.481. The van der Waals surface area contributed by atoms with Crippen molar-refractivity contribution in [1.82, 2.24) is 9.73 Å². The lowest BCUT2D eigenvalue weighted by Gasteiger charge is -2.33. The molecule has 0 heterocycles. The summed E-state index contributed by atoms with van der Waals surface area (Å²) in [5.41, 5.74) is 7.06. The number of hydrazone groups is 1. The van der Waals surface area contributed by atoms with Crippen molar-refractivity contribution in [3.63, 3.8) is 0 Å². The average molecular weight is 484 g/mol. The van der Waals surface area contributed by atoms with Crippen molar-refractivity contribution in [2.75, 3.05) is 6.54 Å². The molecule has 3 rings (SSSR count). The van der Waals surface area contributed by atoms with Crippen LogP contribution in [0.1, 0.15) is 79.7 Å². The van der Waals surface area contributed by atoms with E-state index in [1.54, 1.807) is 6.21 Å². The number of carbonyl (C=O) groups excluding carboxylic acids is 1. The summed E-state index contributed by atoms with van der Waals surface area (Å²) in [5.74, 6) is 0.00540. The molecule has 0 radical (unpaired) electrons. The minimum absolute atomic E-state index is 0.183. The molecular formula is C27H37N3O3S. The number of hydrogen-bond donors (Lipinski definition) is 1. The van der Waals surface area contributed by atoms with Gasteiger partial charge in [0.1, 0.15) is 0 Å². The summed E-state index contributed by atoms with van der Waals surface area (Å²) in [6.45, 7) is 9.62. The van der Waals surface area contributed by atoms with Gasteiger partial charge in [0, 0.05) is 6.04 Å². The van der Waals surface area contributed by atoms with Gasteiger partial charge in [0.25, 0.3) is 5.91 Å². The second-order valence-electron chi connectivity index (χ2n) is 9.68. The third kappa shape index (κ3) is 6.33. The van der Waals surface area contributed by atoms with Crippen LogP contribution in [0.5, 0.6) is 0 Å². The van der Waals surface area contributed by atoms with Crippen molar-refractivity contribution in [2.45, 2.75) is 83.6 Å². The number of nitrogens with zero attached hydrogens (tertiary/aromatic N) is 2. The van der Waals surface area contributed by atoms with E-state index in [1.165, 1.54) is 9.87 Å². The van der Waals surface area contributed by atoms with Crippen LogP contribution in [0.15, 0.2) is 46.4 Å². The van der Waals surface area contributed by atoms with Gasteiger partial charge in [0.2, 0.25) is 10.0 Å². The van der Waals surface area contributed by atoms with Crippen molar-refractivity contribution >= 4 is 22.1 Å². The van der Waals surface area contributed by atoms with Gasteiger partial charge in [0.15, 0.2) is 0 Å². The molecule has 34 heavy (non-hydrogen) atoms. The second-order valence-corrected chi connectivity index (χ2v) is 11.5. The van der Waals surface area contributed by atoms with Crippen molar-refractivity contribution in [3.05, 3.63) is 64.2 Å². The van der Waals surface area contributed by atoms with Gasteiger partial charge < -0.3 is 0 Å². The molecule has 0 saturated heterocycles. The van der Waals surface area contributed by atoms with E-state index in [-0.39, 0.29) is 12.6 Å². The van der Waals surface area contributed by atoms with Gasteiger partial charge in [-0.2, -0.15) is 9.41 Å². The zero-order valence-corrected chi connectivity index (χ0v) is 21.8. The van der Waals surface area contributed by atoms with E-state index in [0.29, 0.717) is 21.9 Å². The van der Waals surface area contributed by atoms with Crippen LogP contribution < -0.4 is 5.43 Å². The molecular weight excluding hydrogens is 446 g/mol. The Hall–Kier alpha value is -2.51. The minimum atomic E-state index is -3.84. The van der Waals surface area contributed by atoms with E-state index in [1.807, 2.05) is 57.2 Å². The average Bonchev–Trinajstić information content (AvgIpc) is 2.77. The monoisotopic (exact) mass is 483 g/mol. The first-order valence-corrected chi connectivity index (χ1v) is 13.5. The molecule has 0 aliphatic heterocycles. The van der Waals surface area contributed by atoms with Gasteiger partial charge in [-0.15, -0.1) is 0 Å². The number of rotatable bonds is 8. The van der Waals surface area contributed by atoms with Crippen LogP contribution in [-0.2, 0) is 14.8 Å². The topological polar surface area (TPSA) is 78.8 Å². The molecule has 2 aromatic carbocycles. The maximum Gasteiger partial charge on any atom is 0.255 e. The summed E-state index contributed by atoms with van der Waals surface area (Å²) >= 11 is 0. The van der Waals surface area contributed by atoms with E-state index in [4.69, 9.17) is 0 Å². The van der Waals surface area contributed by atoms with Gasteiger partial charge in [-0.25, -0.2) is 13.8 Å². The van der Waals surface area contributed by atoms with Crippen molar-refractivity contribution in [2.24, 2.45) is 5.10 Å². The molecule has 2 aromatic rings. The summed E-state index contributed by atoms with van der Waals surface area (Å²) in [6, 6.07) is 11.6. The van der Waals surface area contributed by atoms with Gasteiger partial charge in [-0.3, -0.25) is 4.79 Å². The Balaban J connectivity index is 1.79. The molecule has 1 fully saturated rings. The molecule has 0 bridgehead atoms. The fourth-order valence-corrected chi connectivity index (χ4v) is 6.85. The Labute approximate surface area is 204 Å². The summed E-state index contributed by atoms with van der Waals surface area (Å²) in [6.07, 6.45) is 6.14. The predicted octanol–water partition coefficient (Wildman–Crippen LogP) is 5.21. The first-order chi connectivity index (χ1) is 16.1. The molecule has 1 saturated carbocycles. The fourth-order valence-electron chi connectivity index (χ4n) is 4.79. The van der Waals surface area contributed by atoms with E-state index >= 15 is 0 Å². The van der Waals surface area contributed by atoms with Crippen LogP contribution >= 0.6 is 0 Å². The number of aryl methyl sites for hydroxylation is 3. The SMILES string of the molecule is Cc1cc(C)c(S(=O)(=O)N(CC(=O)NN=Cc2ccc(C(C)C)cc2)C2CCCCC2)c(C)c1. The Bertz CT molecular complexity index is 1110. The highest BCUT2D eigenvalue weighted by Gasteiger charge is 2.35. The normalized spacial score (nSPS) is 15.4. The quantitative estimate of drug-likeness (QED) is 0.414. The third-order valence-corrected chi connectivity index (χ3v) is 8.66. The molecule has 0 aromatic heterocycles. The Kier molecular flexibility index (Phi) is 8.66. The Morgan fingerprint density at radius 1 is 1.06 bits per heavy atom. The number of amides is 1. The summed E-state index contributed by atoms with van der Waals surface area (Å²) < 4.78 is 29.0. The van der Waals surface area contributed by atoms with Crippen LogP contribution in [-0.4, -0.2) is 37.4 Å². The molecule has 1 amide bonds. The zero-order chi connectivity index (χ0) is 24.9. The van der Waals surface area contributed by atoms with Gasteiger partial charge in [-0.1, -0.05) is 75.1 Å². The van der Waals surface area contributed by atoms with Crippen LogP contribution in [0.25, 0.3) is 0 Å². The Morgan fingerprint density at radius 3 is 2.21 bits per heavy atom. The van der Waals surface area contributed by atoms with Crippen molar-refractivity contribution < 1.29 is 13.2 Å². The predicted molar refractivity (Wildman–Crippen MR) is 138 cm³/mol. The molecule has 1 aliphatic rings. The molecule has 1 N–H and O–H groups in total. The number of hydrogen-bond acceptors (Lipinski definition) is 4. The molecule has 7 heteroatoms. The molecule has 184 valence electrons. The van der Waals surface area contributed by atoms with E-state index < -0.39 is 15.9 Å².